The monoisotopic (exact) mass is 160 g/mol. The van der Waals surface area contributed by atoms with Gasteiger partial charge in [-0.05, 0) is 13.3 Å². The minimum atomic E-state index is -0.488. The molecule has 11 heavy (non-hydrogen) atoms. The van der Waals surface area contributed by atoms with Gasteiger partial charge in [-0.15, -0.1) is 0 Å². The van der Waals surface area contributed by atoms with E-state index in [4.69, 9.17) is 4.74 Å². The van der Waals surface area contributed by atoms with Crippen LogP contribution in [0.5, 0.6) is 0 Å². The lowest BCUT2D eigenvalue weighted by atomic mass is 9.87. The molecule has 1 aliphatic heterocycles. The Morgan fingerprint density at radius 3 is 2.27 bits per heavy atom. The molecule has 2 unspecified atom stereocenters. The molecule has 0 aromatic rings. The number of hydrogen-bond acceptors (Lipinski definition) is 2. The average molecular weight is 160 g/mol. The summed E-state index contributed by atoms with van der Waals surface area (Å²) >= 11 is 0. The van der Waals surface area contributed by atoms with Gasteiger partial charge in [0, 0.05) is 12.5 Å². The van der Waals surface area contributed by atoms with Gasteiger partial charge in [-0.2, -0.15) is 0 Å². The molecule has 1 saturated heterocycles. The van der Waals surface area contributed by atoms with Gasteiger partial charge in [0.1, 0.15) is 0 Å². The van der Waals surface area contributed by atoms with Crippen molar-refractivity contribution in [1.29, 1.82) is 0 Å². The fourth-order valence-corrected chi connectivity index (χ4v) is 0.965. The predicted octanol–water partition coefficient (Wildman–Crippen LogP) is 1.82. The minimum absolute atomic E-state index is 0.284. The van der Waals surface area contributed by atoms with E-state index in [0.29, 0.717) is 13.2 Å². The third-order valence-corrected chi connectivity index (χ3v) is 2.18. The quantitative estimate of drug-likeness (QED) is 0.585. The predicted molar refractivity (Wildman–Crippen MR) is 46.6 cm³/mol. The molecular weight excluding hydrogens is 140 g/mol. The summed E-state index contributed by atoms with van der Waals surface area (Å²) in [7, 11) is 0. The third kappa shape index (κ3) is 3.21. The van der Waals surface area contributed by atoms with Crippen LogP contribution in [0.4, 0.5) is 0 Å². The highest BCUT2D eigenvalue weighted by Crippen LogP contribution is 2.24. The van der Waals surface area contributed by atoms with Gasteiger partial charge in [0.25, 0.3) is 0 Å². The Balaban J connectivity index is 0.000000461. The van der Waals surface area contributed by atoms with Crippen LogP contribution in [-0.2, 0) is 4.74 Å². The standard InChI is InChI=1S/C7H14O2.C2H6/c1-6-5-9-4-3-7(6,2)8;1-2/h6,8H,3-5H2,1-2H3;1-2H3. The summed E-state index contributed by atoms with van der Waals surface area (Å²) in [5.74, 6) is 0.284. The van der Waals surface area contributed by atoms with Crippen LogP contribution in [0.3, 0.4) is 0 Å². The average Bonchev–Trinajstić information content (AvgIpc) is 2.00. The lowest BCUT2D eigenvalue weighted by molar-refractivity contribution is -0.0938. The van der Waals surface area contributed by atoms with E-state index in [-0.39, 0.29) is 5.92 Å². The van der Waals surface area contributed by atoms with E-state index in [1.165, 1.54) is 0 Å². The minimum Gasteiger partial charge on any atom is -0.390 e. The first-order chi connectivity index (χ1) is 5.13. The van der Waals surface area contributed by atoms with Gasteiger partial charge in [-0.1, -0.05) is 20.8 Å². The highest BCUT2D eigenvalue weighted by atomic mass is 16.5. The van der Waals surface area contributed by atoms with Crippen LogP contribution in [-0.4, -0.2) is 23.9 Å². The highest BCUT2D eigenvalue weighted by molar-refractivity contribution is 4.81. The summed E-state index contributed by atoms with van der Waals surface area (Å²) < 4.78 is 5.16. The van der Waals surface area contributed by atoms with Crippen molar-refractivity contribution in [3.63, 3.8) is 0 Å². The largest absolute Gasteiger partial charge is 0.390 e. The van der Waals surface area contributed by atoms with Gasteiger partial charge in [0.15, 0.2) is 0 Å². The molecule has 0 radical (unpaired) electrons. The van der Waals surface area contributed by atoms with E-state index in [1.807, 2.05) is 27.7 Å². The Labute approximate surface area is 69.6 Å². The van der Waals surface area contributed by atoms with Crippen molar-refractivity contribution in [2.75, 3.05) is 13.2 Å². The van der Waals surface area contributed by atoms with E-state index in [1.54, 1.807) is 0 Å². The van der Waals surface area contributed by atoms with E-state index < -0.39 is 5.60 Å². The summed E-state index contributed by atoms with van der Waals surface area (Å²) in [4.78, 5) is 0. The molecule has 1 aliphatic rings. The zero-order chi connectivity index (χ0) is 8.91. The maximum Gasteiger partial charge on any atom is 0.0689 e. The van der Waals surface area contributed by atoms with Crippen LogP contribution in [0, 0.1) is 5.92 Å². The molecule has 68 valence electrons. The number of hydrogen-bond donors (Lipinski definition) is 1. The second-order valence-corrected chi connectivity index (χ2v) is 3.08. The van der Waals surface area contributed by atoms with E-state index >= 15 is 0 Å². The normalized spacial score (nSPS) is 37.4. The zero-order valence-electron chi connectivity index (χ0n) is 8.05. The maximum absolute atomic E-state index is 9.56. The molecule has 1 N–H and O–H groups in total. The molecule has 2 heteroatoms. The van der Waals surface area contributed by atoms with Crippen LogP contribution in [0.15, 0.2) is 0 Å². The van der Waals surface area contributed by atoms with Gasteiger partial charge in [0.05, 0.1) is 12.2 Å². The molecule has 1 heterocycles. The van der Waals surface area contributed by atoms with Crippen molar-refractivity contribution in [2.45, 2.75) is 39.7 Å². The first-order valence-corrected chi connectivity index (χ1v) is 4.43. The van der Waals surface area contributed by atoms with Gasteiger partial charge in [0.2, 0.25) is 0 Å². The first-order valence-electron chi connectivity index (χ1n) is 4.43. The fraction of sp³-hybridized carbons (Fsp3) is 1.00. The van der Waals surface area contributed by atoms with Crippen molar-refractivity contribution >= 4 is 0 Å². The van der Waals surface area contributed by atoms with Crippen LogP contribution >= 0.6 is 0 Å². The van der Waals surface area contributed by atoms with Crippen molar-refractivity contribution in [3.8, 4) is 0 Å². The highest BCUT2D eigenvalue weighted by Gasteiger charge is 2.31. The molecule has 0 aliphatic carbocycles. The van der Waals surface area contributed by atoms with Gasteiger partial charge in [-0.25, -0.2) is 0 Å². The molecule has 0 bridgehead atoms. The van der Waals surface area contributed by atoms with Crippen molar-refractivity contribution < 1.29 is 9.84 Å². The van der Waals surface area contributed by atoms with E-state index in [0.717, 1.165) is 6.42 Å². The molecule has 1 fully saturated rings. The van der Waals surface area contributed by atoms with E-state index in [9.17, 15) is 5.11 Å². The molecule has 0 spiro atoms. The van der Waals surface area contributed by atoms with Crippen molar-refractivity contribution in [2.24, 2.45) is 5.92 Å². The Kier molecular flexibility index (Phi) is 4.69. The maximum atomic E-state index is 9.56. The van der Waals surface area contributed by atoms with Crippen LogP contribution in [0.2, 0.25) is 0 Å². The van der Waals surface area contributed by atoms with Crippen molar-refractivity contribution in [3.05, 3.63) is 0 Å². The lowest BCUT2D eigenvalue weighted by Gasteiger charge is -2.34. The summed E-state index contributed by atoms with van der Waals surface area (Å²) in [5, 5.41) is 9.56. The summed E-state index contributed by atoms with van der Waals surface area (Å²) in [6.07, 6.45) is 0.772. The summed E-state index contributed by atoms with van der Waals surface area (Å²) in [6, 6.07) is 0. The molecule has 0 saturated carbocycles. The van der Waals surface area contributed by atoms with Crippen LogP contribution in [0.25, 0.3) is 0 Å². The number of aliphatic hydroxyl groups is 1. The smallest absolute Gasteiger partial charge is 0.0689 e. The summed E-state index contributed by atoms with van der Waals surface area (Å²) in [5.41, 5.74) is -0.488. The topological polar surface area (TPSA) is 29.5 Å². The van der Waals surface area contributed by atoms with Crippen LogP contribution < -0.4 is 0 Å². The molecule has 2 nitrogen and oxygen atoms in total. The molecule has 0 aromatic carbocycles. The Morgan fingerprint density at radius 1 is 1.45 bits per heavy atom. The van der Waals surface area contributed by atoms with Gasteiger partial charge in [-0.3, -0.25) is 0 Å². The SMILES string of the molecule is CC.CC1COCCC1(C)O. The molecule has 0 aromatic heterocycles. The van der Waals surface area contributed by atoms with Crippen molar-refractivity contribution in [1.82, 2.24) is 0 Å². The zero-order valence-corrected chi connectivity index (χ0v) is 8.05. The number of ether oxygens (including phenoxy) is 1. The van der Waals surface area contributed by atoms with Crippen LogP contribution in [0.1, 0.15) is 34.1 Å². The molecule has 2 atom stereocenters. The van der Waals surface area contributed by atoms with Gasteiger partial charge < -0.3 is 9.84 Å². The van der Waals surface area contributed by atoms with Gasteiger partial charge >= 0.3 is 0 Å². The molecule has 0 amide bonds. The second kappa shape index (κ2) is 4.73. The fourth-order valence-electron chi connectivity index (χ4n) is 0.965. The Bertz CT molecular complexity index is 99.7. The Morgan fingerprint density at radius 2 is 2.00 bits per heavy atom. The van der Waals surface area contributed by atoms with E-state index in [2.05, 4.69) is 0 Å². The molecular formula is C9H20O2. The first kappa shape index (κ1) is 10.9. The number of rotatable bonds is 0. The third-order valence-electron chi connectivity index (χ3n) is 2.18. The summed E-state index contributed by atoms with van der Waals surface area (Å²) in [6.45, 7) is 9.30. The molecule has 1 rings (SSSR count). The second-order valence-electron chi connectivity index (χ2n) is 3.08. The Hall–Kier alpha value is -0.0800. The lowest BCUT2D eigenvalue weighted by Crippen LogP contribution is -2.40.